The third kappa shape index (κ3) is 3.14. The van der Waals surface area contributed by atoms with E-state index in [4.69, 9.17) is 4.74 Å². The Labute approximate surface area is 97.2 Å². The first-order chi connectivity index (χ1) is 7.88. The summed E-state index contributed by atoms with van der Waals surface area (Å²) in [6.45, 7) is 3.38. The Kier molecular flexibility index (Phi) is 4.05. The molecule has 1 aromatic carbocycles. The maximum atomic E-state index is 5.13. The lowest BCUT2D eigenvalue weighted by Gasteiger charge is -2.23. The van der Waals surface area contributed by atoms with Crippen LogP contribution in [-0.4, -0.2) is 26.7 Å². The number of hydrogen-bond donors (Lipinski definition) is 2. The fourth-order valence-corrected chi connectivity index (χ4v) is 2.07. The van der Waals surface area contributed by atoms with Gasteiger partial charge in [0.25, 0.3) is 0 Å². The van der Waals surface area contributed by atoms with Crippen LogP contribution in [-0.2, 0) is 0 Å². The summed E-state index contributed by atoms with van der Waals surface area (Å²) in [6, 6.07) is 8.10. The third-order valence-corrected chi connectivity index (χ3v) is 3.08. The number of methoxy groups -OCH3 is 1. The maximum absolute atomic E-state index is 5.13. The Bertz CT molecular complexity index is 304. The van der Waals surface area contributed by atoms with E-state index in [2.05, 4.69) is 22.8 Å². The molecular weight excluding hydrogens is 200 g/mol. The lowest BCUT2D eigenvalue weighted by Crippen LogP contribution is -2.33. The molecule has 1 saturated heterocycles. The predicted octanol–water partition coefficient (Wildman–Crippen LogP) is 2.11. The maximum Gasteiger partial charge on any atom is 0.119 e. The molecule has 1 aliphatic rings. The molecule has 16 heavy (non-hydrogen) atoms. The van der Waals surface area contributed by atoms with Gasteiger partial charge < -0.3 is 15.4 Å². The van der Waals surface area contributed by atoms with Crippen molar-refractivity contribution in [2.24, 2.45) is 5.92 Å². The first kappa shape index (κ1) is 11.3. The molecule has 0 spiro atoms. The number of hydrogen-bond acceptors (Lipinski definition) is 3. The summed E-state index contributed by atoms with van der Waals surface area (Å²) in [6.07, 6.45) is 2.63. The highest BCUT2D eigenvalue weighted by Gasteiger charge is 2.11. The number of rotatable bonds is 4. The topological polar surface area (TPSA) is 33.3 Å². The van der Waals surface area contributed by atoms with Gasteiger partial charge in [0.05, 0.1) is 7.11 Å². The molecule has 1 heterocycles. The highest BCUT2D eigenvalue weighted by atomic mass is 16.5. The molecule has 3 heteroatoms. The highest BCUT2D eigenvalue weighted by molar-refractivity contribution is 5.46. The van der Waals surface area contributed by atoms with Crippen LogP contribution >= 0.6 is 0 Å². The Morgan fingerprint density at radius 1 is 1.38 bits per heavy atom. The molecule has 1 fully saturated rings. The van der Waals surface area contributed by atoms with Crippen molar-refractivity contribution >= 4 is 5.69 Å². The average molecular weight is 220 g/mol. The van der Waals surface area contributed by atoms with Crippen molar-refractivity contribution in [1.82, 2.24) is 5.32 Å². The van der Waals surface area contributed by atoms with E-state index in [0.29, 0.717) is 0 Å². The zero-order chi connectivity index (χ0) is 11.2. The smallest absolute Gasteiger partial charge is 0.119 e. The molecule has 0 aromatic heterocycles. The van der Waals surface area contributed by atoms with E-state index in [0.717, 1.165) is 24.8 Å². The van der Waals surface area contributed by atoms with Crippen molar-refractivity contribution in [2.45, 2.75) is 12.8 Å². The van der Waals surface area contributed by atoms with Crippen LogP contribution in [0, 0.1) is 5.92 Å². The van der Waals surface area contributed by atoms with Crippen molar-refractivity contribution in [3.8, 4) is 5.75 Å². The van der Waals surface area contributed by atoms with Crippen molar-refractivity contribution < 1.29 is 4.74 Å². The largest absolute Gasteiger partial charge is 0.497 e. The molecular formula is C13H20N2O. The standard InChI is InChI=1S/C13H20N2O/c1-16-13-6-4-12(5-7-13)15-10-11-3-2-8-14-9-11/h4-7,11,14-15H,2-3,8-10H2,1H3. The molecule has 2 N–H and O–H groups in total. The monoisotopic (exact) mass is 220 g/mol. The van der Waals surface area contributed by atoms with E-state index in [1.165, 1.54) is 25.1 Å². The molecule has 1 aliphatic heterocycles. The van der Waals surface area contributed by atoms with Gasteiger partial charge >= 0.3 is 0 Å². The average Bonchev–Trinajstić information content (AvgIpc) is 2.38. The molecule has 0 aliphatic carbocycles. The van der Waals surface area contributed by atoms with Crippen LogP contribution < -0.4 is 15.4 Å². The van der Waals surface area contributed by atoms with Gasteiger partial charge in [-0.3, -0.25) is 0 Å². The molecule has 1 unspecified atom stereocenters. The van der Waals surface area contributed by atoms with Crippen LogP contribution in [0.2, 0.25) is 0 Å². The molecule has 0 bridgehead atoms. The van der Waals surface area contributed by atoms with Gasteiger partial charge in [0.15, 0.2) is 0 Å². The fourth-order valence-electron chi connectivity index (χ4n) is 2.07. The Morgan fingerprint density at radius 2 is 2.19 bits per heavy atom. The SMILES string of the molecule is COc1ccc(NCC2CCCNC2)cc1. The summed E-state index contributed by atoms with van der Waals surface area (Å²) in [7, 11) is 1.69. The minimum absolute atomic E-state index is 0.760. The third-order valence-electron chi connectivity index (χ3n) is 3.08. The van der Waals surface area contributed by atoms with E-state index in [1.807, 2.05) is 12.1 Å². The molecule has 0 saturated carbocycles. The second-order valence-electron chi connectivity index (χ2n) is 4.32. The number of ether oxygens (including phenoxy) is 1. The van der Waals surface area contributed by atoms with E-state index in [-0.39, 0.29) is 0 Å². The first-order valence-corrected chi connectivity index (χ1v) is 5.97. The van der Waals surface area contributed by atoms with Crippen LogP contribution in [0.3, 0.4) is 0 Å². The molecule has 0 radical (unpaired) electrons. The number of benzene rings is 1. The summed E-state index contributed by atoms with van der Waals surface area (Å²) >= 11 is 0. The van der Waals surface area contributed by atoms with E-state index >= 15 is 0 Å². The lowest BCUT2D eigenvalue weighted by molar-refractivity contribution is 0.393. The molecule has 3 nitrogen and oxygen atoms in total. The van der Waals surface area contributed by atoms with Crippen molar-refractivity contribution in [3.05, 3.63) is 24.3 Å². The predicted molar refractivity (Wildman–Crippen MR) is 67.1 cm³/mol. The van der Waals surface area contributed by atoms with Gasteiger partial charge in [0, 0.05) is 12.2 Å². The van der Waals surface area contributed by atoms with E-state index in [9.17, 15) is 0 Å². The van der Waals surface area contributed by atoms with Crippen molar-refractivity contribution in [1.29, 1.82) is 0 Å². The summed E-state index contributed by atoms with van der Waals surface area (Å²) in [4.78, 5) is 0. The number of piperidine rings is 1. The first-order valence-electron chi connectivity index (χ1n) is 5.97. The molecule has 1 aromatic rings. The summed E-state index contributed by atoms with van der Waals surface area (Å²) in [5.41, 5.74) is 1.17. The van der Waals surface area contributed by atoms with Crippen molar-refractivity contribution in [2.75, 3.05) is 32.1 Å². The Morgan fingerprint density at radius 3 is 2.81 bits per heavy atom. The minimum atomic E-state index is 0.760. The van der Waals surface area contributed by atoms with Gasteiger partial charge in [-0.1, -0.05) is 0 Å². The van der Waals surface area contributed by atoms with Gasteiger partial charge in [-0.25, -0.2) is 0 Å². The fraction of sp³-hybridized carbons (Fsp3) is 0.538. The minimum Gasteiger partial charge on any atom is -0.497 e. The molecule has 88 valence electrons. The lowest BCUT2D eigenvalue weighted by atomic mass is 10.00. The zero-order valence-corrected chi connectivity index (χ0v) is 9.83. The highest BCUT2D eigenvalue weighted by Crippen LogP contribution is 2.16. The number of nitrogens with one attached hydrogen (secondary N) is 2. The second kappa shape index (κ2) is 5.75. The molecule has 2 rings (SSSR count). The van der Waals surface area contributed by atoms with E-state index in [1.54, 1.807) is 7.11 Å². The van der Waals surface area contributed by atoms with Gasteiger partial charge in [-0.15, -0.1) is 0 Å². The van der Waals surface area contributed by atoms with Crippen LogP contribution in [0.5, 0.6) is 5.75 Å². The van der Waals surface area contributed by atoms with Gasteiger partial charge in [-0.2, -0.15) is 0 Å². The number of anilines is 1. The molecule has 0 amide bonds. The van der Waals surface area contributed by atoms with Crippen LogP contribution in [0.1, 0.15) is 12.8 Å². The Hall–Kier alpha value is -1.22. The normalized spacial score (nSPS) is 20.4. The van der Waals surface area contributed by atoms with Crippen molar-refractivity contribution in [3.63, 3.8) is 0 Å². The van der Waals surface area contributed by atoms with Crippen LogP contribution in [0.4, 0.5) is 5.69 Å². The van der Waals surface area contributed by atoms with Crippen LogP contribution in [0.25, 0.3) is 0 Å². The Balaban J connectivity index is 1.79. The zero-order valence-electron chi connectivity index (χ0n) is 9.83. The summed E-state index contributed by atoms with van der Waals surface area (Å²) < 4.78 is 5.13. The quantitative estimate of drug-likeness (QED) is 0.815. The van der Waals surface area contributed by atoms with Gasteiger partial charge in [-0.05, 0) is 56.1 Å². The summed E-state index contributed by atoms with van der Waals surface area (Å²) in [5, 5.41) is 6.90. The summed E-state index contributed by atoms with van der Waals surface area (Å²) in [5.74, 6) is 1.67. The van der Waals surface area contributed by atoms with Crippen LogP contribution in [0.15, 0.2) is 24.3 Å². The van der Waals surface area contributed by atoms with Gasteiger partial charge in [0.2, 0.25) is 0 Å². The van der Waals surface area contributed by atoms with Gasteiger partial charge in [0.1, 0.15) is 5.75 Å². The van der Waals surface area contributed by atoms with E-state index < -0.39 is 0 Å². The second-order valence-corrected chi connectivity index (χ2v) is 4.32. The molecule has 1 atom stereocenters.